The Kier molecular flexibility index (Phi) is 4.74. The van der Waals surface area contributed by atoms with Gasteiger partial charge in [-0.25, -0.2) is 0 Å². The zero-order chi connectivity index (χ0) is 9.57. The fourth-order valence-corrected chi connectivity index (χ4v) is 2.45. The number of nitrogens with one attached hydrogen (secondary N) is 1. The van der Waals surface area contributed by atoms with Gasteiger partial charge < -0.3 is 10.1 Å². The van der Waals surface area contributed by atoms with Crippen molar-refractivity contribution in [1.82, 2.24) is 5.32 Å². The molecule has 0 aromatic heterocycles. The maximum absolute atomic E-state index is 5.44. The van der Waals surface area contributed by atoms with E-state index in [0.717, 1.165) is 13.2 Å². The monoisotopic (exact) mass is 185 g/mol. The maximum Gasteiger partial charge on any atom is 0.0471 e. The van der Waals surface area contributed by atoms with Crippen LogP contribution in [0, 0.1) is 5.41 Å². The molecule has 13 heavy (non-hydrogen) atoms. The quantitative estimate of drug-likeness (QED) is 0.640. The molecule has 0 aromatic carbocycles. The van der Waals surface area contributed by atoms with Crippen LogP contribution in [0.15, 0.2) is 0 Å². The molecule has 0 unspecified atom stereocenters. The van der Waals surface area contributed by atoms with Gasteiger partial charge in [0.05, 0.1) is 0 Å². The number of hydrogen-bond acceptors (Lipinski definition) is 2. The van der Waals surface area contributed by atoms with Crippen molar-refractivity contribution in [3.05, 3.63) is 0 Å². The molecule has 1 rings (SSSR count). The van der Waals surface area contributed by atoms with Crippen molar-refractivity contribution in [2.45, 2.75) is 39.0 Å². The van der Waals surface area contributed by atoms with E-state index in [4.69, 9.17) is 4.74 Å². The van der Waals surface area contributed by atoms with Gasteiger partial charge in [-0.3, -0.25) is 0 Å². The number of hydrogen-bond donors (Lipinski definition) is 1. The molecule has 1 aliphatic carbocycles. The minimum Gasteiger partial charge on any atom is -0.382 e. The molecule has 1 aliphatic rings. The van der Waals surface area contributed by atoms with Crippen molar-refractivity contribution in [3.8, 4) is 0 Å². The highest BCUT2D eigenvalue weighted by molar-refractivity contribution is 4.86. The summed E-state index contributed by atoms with van der Waals surface area (Å²) in [7, 11) is 2.06. The fourth-order valence-electron chi connectivity index (χ4n) is 2.45. The topological polar surface area (TPSA) is 21.3 Å². The molecule has 0 saturated heterocycles. The normalized spacial score (nSPS) is 20.8. The van der Waals surface area contributed by atoms with Crippen LogP contribution in [0.5, 0.6) is 0 Å². The molecule has 78 valence electrons. The lowest BCUT2D eigenvalue weighted by Crippen LogP contribution is -2.31. The molecule has 0 heterocycles. The standard InChI is InChI=1S/C11H23NO/c1-3-13-9-8-11(10-12-2)6-4-5-7-11/h12H,3-10H2,1-2H3. The van der Waals surface area contributed by atoms with Crippen LogP contribution >= 0.6 is 0 Å². The first kappa shape index (κ1) is 11.0. The van der Waals surface area contributed by atoms with Gasteiger partial charge in [-0.15, -0.1) is 0 Å². The summed E-state index contributed by atoms with van der Waals surface area (Å²) >= 11 is 0. The molecule has 2 nitrogen and oxygen atoms in total. The van der Waals surface area contributed by atoms with Crippen molar-refractivity contribution >= 4 is 0 Å². The van der Waals surface area contributed by atoms with E-state index in [1.54, 1.807) is 0 Å². The predicted molar refractivity (Wildman–Crippen MR) is 55.9 cm³/mol. The third kappa shape index (κ3) is 3.28. The predicted octanol–water partition coefficient (Wildman–Crippen LogP) is 2.19. The first-order valence-electron chi connectivity index (χ1n) is 5.55. The molecule has 0 radical (unpaired) electrons. The van der Waals surface area contributed by atoms with Crippen molar-refractivity contribution in [1.29, 1.82) is 0 Å². The number of rotatable bonds is 6. The van der Waals surface area contributed by atoms with E-state index in [9.17, 15) is 0 Å². The highest BCUT2D eigenvalue weighted by atomic mass is 16.5. The Morgan fingerprint density at radius 1 is 1.31 bits per heavy atom. The molecule has 0 bridgehead atoms. The lowest BCUT2D eigenvalue weighted by Gasteiger charge is -2.28. The van der Waals surface area contributed by atoms with E-state index < -0.39 is 0 Å². The molecule has 0 amide bonds. The van der Waals surface area contributed by atoms with Crippen LogP contribution in [-0.4, -0.2) is 26.8 Å². The summed E-state index contributed by atoms with van der Waals surface area (Å²) in [5.74, 6) is 0. The van der Waals surface area contributed by atoms with E-state index >= 15 is 0 Å². The van der Waals surface area contributed by atoms with Crippen LogP contribution in [0.1, 0.15) is 39.0 Å². The summed E-state index contributed by atoms with van der Waals surface area (Å²) in [6.45, 7) is 5.04. The van der Waals surface area contributed by atoms with Crippen LogP contribution < -0.4 is 5.32 Å². The molecule has 2 heteroatoms. The fraction of sp³-hybridized carbons (Fsp3) is 1.00. The average Bonchev–Trinajstić information content (AvgIpc) is 2.55. The third-order valence-electron chi connectivity index (χ3n) is 3.20. The Morgan fingerprint density at radius 3 is 2.54 bits per heavy atom. The van der Waals surface area contributed by atoms with E-state index in [0.29, 0.717) is 5.41 Å². The van der Waals surface area contributed by atoms with E-state index in [1.807, 2.05) is 0 Å². The Hall–Kier alpha value is -0.0800. The molecule has 0 atom stereocenters. The molecule has 1 N–H and O–H groups in total. The van der Waals surface area contributed by atoms with Crippen LogP contribution in [0.3, 0.4) is 0 Å². The Bertz CT molecular complexity index is 130. The van der Waals surface area contributed by atoms with Gasteiger partial charge in [0.2, 0.25) is 0 Å². The van der Waals surface area contributed by atoms with Crippen molar-refractivity contribution in [3.63, 3.8) is 0 Å². The van der Waals surface area contributed by atoms with Crippen LogP contribution in [0.4, 0.5) is 0 Å². The molecular formula is C11H23NO. The lowest BCUT2D eigenvalue weighted by molar-refractivity contribution is 0.104. The summed E-state index contributed by atoms with van der Waals surface area (Å²) in [4.78, 5) is 0. The van der Waals surface area contributed by atoms with Gasteiger partial charge in [0.25, 0.3) is 0 Å². The highest BCUT2D eigenvalue weighted by Gasteiger charge is 2.32. The molecule has 1 fully saturated rings. The summed E-state index contributed by atoms with van der Waals surface area (Å²) in [5.41, 5.74) is 0.559. The lowest BCUT2D eigenvalue weighted by atomic mass is 9.83. The minimum atomic E-state index is 0.559. The molecule has 0 aliphatic heterocycles. The highest BCUT2D eigenvalue weighted by Crippen LogP contribution is 2.40. The number of ether oxygens (including phenoxy) is 1. The molecule has 0 aromatic rings. The van der Waals surface area contributed by atoms with Gasteiger partial charge >= 0.3 is 0 Å². The second kappa shape index (κ2) is 5.61. The summed E-state index contributed by atoms with van der Waals surface area (Å²) < 4.78 is 5.44. The second-order valence-electron chi connectivity index (χ2n) is 4.18. The van der Waals surface area contributed by atoms with E-state index in [1.165, 1.54) is 38.6 Å². The van der Waals surface area contributed by atoms with Crippen LogP contribution in [-0.2, 0) is 4.74 Å². The van der Waals surface area contributed by atoms with Gasteiger partial charge in [-0.1, -0.05) is 12.8 Å². The first-order valence-corrected chi connectivity index (χ1v) is 5.55. The third-order valence-corrected chi connectivity index (χ3v) is 3.20. The van der Waals surface area contributed by atoms with Gasteiger partial charge in [-0.05, 0) is 38.6 Å². The molecular weight excluding hydrogens is 162 g/mol. The zero-order valence-corrected chi connectivity index (χ0v) is 9.07. The summed E-state index contributed by atoms with van der Waals surface area (Å²) in [5, 5.41) is 3.32. The van der Waals surface area contributed by atoms with Crippen molar-refractivity contribution in [2.24, 2.45) is 5.41 Å². The van der Waals surface area contributed by atoms with Crippen molar-refractivity contribution < 1.29 is 4.74 Å². The van der Waals surface area contributed by atoms with Crippen LogP contribution in [0.2, 0.25) is 0 Å². The van der Waals surface area contributed by atoms with Gasteiger partial charge in [0.15, 0.2) is 0 Å². The van der Waals surface area contributed by atoms with E-state index in [-0.39, 0.29) is 0 Å². The summed E-state index contributed by atoms with van der Waals surface area (Å²) in [6, 6.07) is 0. The largest absolute Gasteiger partial charge is 0.382 e. The average molecular weight is 185 g/mol. The van der Waals surface area contributed by atoms with E-state index in [2.05, 4.69) is 19.3 Å². The van der Waals surface area contributed by atoms with Gasteiger partial charge in [0.1, 0.15) is 0 Å². The Morgan fingerprint density at radius 2 is 2.00 bits per heavy atom. The molecule has 1 saturated carbocycles. The molecule has 0 spiro atoms. The van der Waals surface area contributed by atoms with Crippen molar-refractivity contribution in [2.75, 3.05) is 26.8 Å². The summed E-state index contributed by atoms with van der Waals surface area (Å²) in [6.07, 6.45) is 6.84. The Labute approximate surface area is 82.0 Å². The second-order valence-corrected chi connectivity index (χ2v) is 4.18. The first-order chi connectivity index (χ1) is 6.33. The maximum atomic E-state index is 5.44. The Balaban J connectivity index is 2.28. The SMILES string of the molecule is CCOCCC1(CNC)CCCC1. The zero-order valence-electron chi connectivity index (χ0n) is 9.07. The smallest absolute Gasteiger partial charge is 0.0471 e. The minimum absolute atomic E-state index is 0.559. The van der Waals surface area contributed by atoms with Crippen LogP contribution in [0.25, 0.3) is 0 Å². The van der Waals surface area contributed by atoms with Gasteiger partial charge in [0, 0.05) is 19.8 Å². The van der Waals surface area contributed by atoms with Gasteiger partial charge in [-0.2, -0.15) is 0 Å².